The molecule has 7 aromatic carbocycles. The van der Waals surface area contributed by atoms with Gasteiger partial charge in [0.15, 0.2) is 0 Å². The molecule has 0 saturated carbocycles. The Kier molecular flexibility index (Phi) is 5.44. The first-order chi connectivity index (χ1) is 21.3. The molecule has 1 nitrogen and oxygen atoms in total. The van der Waals surface area contributed by atoms with Crippen LogP contribution in [0.3, 0.4) is 0 Å². The molecule has 0 unspecified atom stereocenters. The van der Waals surface area contributed by atoms with E-state index in [9.17, 15) is 0 Å². The van der Waals surface area contributed by atoms with Gasteiger partial charge in [0.2, 0.25) is 0 Å². The molecule has 43 heavy (non-hydrogen) atoms. The minimum atomic E-state index is 0.984. The lowest BCUT2D eigenvalue weighted by molar-refractivity contribution is 1.33. The first-order valence-electron chi connectivity index (χ1n) is 14.6. The molecular weight excluding hydrogens is 539 g/mol. The van der Waals surface area contributed by atoms with Crippen LogP contribution >= 0.6 is 11.3 Å². The number of nitrogens with zero attached hydrogens (tertiary/aromatic N) is 1. The highest BCUT2D eigenvalue weighted by Crippen LogP contribution is 2.45. The van der Waals surface area contributed by atoms with Crippen LogP contribution in [-0.2, 0) is 0 Å². The summed E-state index contributed by atoms with van der Waals surface area (Å²) >= 11 is 1.90. The van der Waals surface area contributed by atoms with E-state index in [-0.39, 0.29) is 0 Å². The molecule has 0 radical (unpaired) electrons. The van der Waals surface area contributed by atoms with E-state index in [0.717, 1.165) is 17.0 Å². The number of benzene rings is 7. The zero-order valence-electron chi connectivity index (χ0n) is 23.3. The normalized spacial score (nSPS) is 11.7. The Bertz CT molecular complexity index is 2450. The number of pyridine rings is 1. The monoisotopic (exact) mass is 563 g/mol. The Morgan fingerprint density at radius 1 is 0.372 bits per heavy atom. The molecule has 200 valence electrons. The van der Waals surface area contributed by atoms with E-state index in [1.165, 1.54) is 69.2 Å². The second-order valence-corrected chi connectivity index (χ2v) is 12.1. The molecule has 2 aromatic heterocycles. The van der Waals surface area contributed by atoms with Gasteiger partial charge in [0.25, 0.3) is 0 Å². The Labute approximate surface area is 253 Å². The number of rotatable bonds is 3. The Morgan fingerprint density at radius 3 is 1.72 bits per heavy atom. The summed E-state index contributed by atoms with van der Waals surface area (Å²) in [5.41, 5.74) is 6.80. The summed E-state index contributed by atoms with van der Waals surface area (Å²) in [6, 6.07) is 54.7. The topological polar surface area (TPSA) is 12.9 Å². The van der Waals surface area contributed by atoms with Crippen molar-refractivity contribution >= 4 is 63.8 Å². The van der Waals surface area contributed by atoms with Crippen LogP contribution in [0.4, 0.5) is 0 Å². The maximum absolute atomic E-state index is 5.21. The standard InChI is InChI=1S/C41H25NS/c1-2-12-27(13-3-1)36-19-10-20-37(42-36)40-33-17-8-6-15-31(33)39(32-16-7-9-18-34(32)40)28-22-23-30-35-24-21-26-11-4-5-14-29(26)41(35)43-38(30)25-28/h1-25H. The molecule has 2 heterocycles. The van der Waals surface area contributed by atoms with E-state index in [4.69, 9.17) is 4.98 Å². The van der Waals surface area contributed by atoms with Gasteiger partial charge in [-0.05, 0) is 61.6 Å². The van der Waals surface area contributed by atoms with Crippen molar-refractivity contribution < 1.29 is 0 Å². The molecule has 9 rings (SSSR count). The minimum absolute atomic E-state index is 0.984. The van der Waals surface area contributed by atoms with Gasteiger partial charge in [0.05, 0.1) is 11.4 Å². The lowest BCUT2D eigenvalue weighted by atomic mass is 9.87. The van der Waals surface area contributed by atoms with E-state index >= 15 is 0 Å². The first-order valence-corrected chi connectivity index (χ1v) is 15.5. The van der Waals surface area contributed by atoms with Gasteiger partial charge in [-0.1, -0.05) is 133 Å². The van der Waals surface area contributed by atoms with Crippen molar-refractivity contribution in [1.82, 2.24) is 4.98 Å². The van der Waals surface area contributed by atoms with Gasteiger partial charge < -0.3 is 0 Å². The summed E-state index contributed by atoms with van der Waals surface area (Å²) in [5.74, 6) is 0. The zero-order valence-corrected chi connectivity index (χ0v) is 24.1. The van der Waals surface area contributed by atoms with Crippen molar-refractivity contribution in [1.29, 1.82) is 0 Å². The number of hydrogen-bond donors (Lipinski definition) is 0. The summed E-state index contributed by atoms with van der Waals surface area (Å²) in [5, 5.41) is 10.2. The molecule has 0 spiro atoms. The van der Waals surface area contributed by atoms with Gasteiger partial charge in [0, 0.05) is 31.3 Å². The Balaban J connectivity index is 1.32. The van der Waals surface area contributed by atoms with Crippen molar-refractivity contribution in [3.63, 3.8) is 0 Å². The highest BCUT2D eigenvalue weighted by Gasteiger charge is 2.18. The van der Waals surface area contributed by atoms with Crippen LogP contribution < -0.4 is 0 Å². The van der Waals surface area contributed by atoms with Crippen molar-refractivity contribution in [3.05, 3.63) is 152 Å². The number of fused-ring (bicyclic) bond motifs is 7. The lowest BCUT2D eigenvalue weighted by Crippen LogP contribution is -1.93. The van der Waals surface area contributed by atoms with Crippen molar-refractivity contribution in [3.8, 4) is 33.6 Å². The van der Waals surface area contributed by atoms with Crippen molar-refractivity contribution in [2.45, 2.75) is 0 Å². The molecule has 0 fully saturated rings. The molecule has 0 aliphatic heterocycles. The van der Waals surface area contributed by atoms with Gasteiger partial charge in [-0.3, -0.25) is 0 Å². The van der Waals surface area contributed by atoms with E-state index < -0.39 is 0 Å². The Morgan fingerprint density at radius 2 is 0.977 bits per heavy atom. The maximum Gasteiger partial charge on any atom is 0.0722 e. The van der Waals surface area contributed by atoms with E-state index in [1.807, 2.05) is 17.4 Å². The molecule has 0 atom stereocenters. The van der Waals surface area contributed by atoms with Gasteiger partial charge in [-0.15, -0.1) is 11.3 Å². The molecule has 0 aliphatic rings. The maximum atomic E-state index is 5.21. The van der Waals surface area contributed by atoms with Gasteiger partial charge >= 0.3 is 0 Å². The molecule has 0 N–H and O–H groups in total. The summed E-state index contributed by atoms with van der Waals surface area (Å²) in [7, 11) is 0. The molecule has 2 heteroatoms. The molecule has 0 amide bonds. The highest BCUT2D eigenvalue weighted by atomic mass is 32.1. The zero-order chi connectivity index (χ0) is 28.3. The highest BCUT2D eigenvalue weighted by molar-refractivity contribution is 7.26. The number of aromatic nitrogens is 1. The van der Waals surface area contributed by atoms with Crippen LogP contribution in [0.5, 0.6) is 0 Å². The second kappa shape index (κ2) is 9.62. The van der Waals surface area contributed by atoms with Crippen molar-refractivity contribution in [2.24, 2.45) is 0 Å². The van der Waals surface area contributed by atoms with E-state index in [1.54, 1.807) is 0 Å². The van der Waals surface area contributed by atoms with Crippen LogP contribution in [0, 0.1) is 0 Å². The number of hydrogen-bond acceptors (Lipinski definition) is 2. The fourth-order valence-corrected chi connectivity index (χ4v) is 8.00. The van der Waals surface area contributed by atoms with E-state index in [2.05, 4.69) is 146 Å². The summed E-state index contributed by atoms with van der Waals surface area (Å²) in [4.78, 5) is 5.21. The molecule has 0 bridgehead atoms. The number of thiophene rings is 1. The SMILES string of the molecule is c1ccc(-c2cccc(-c3c4ccccc4c(-c4ccc5c(c4)sc4c6ccccc6ccc54)c4ccccc34)n2)cc1. The van der Waals surface area contributed by atoms with Gasteiger partial charge in [-0.25, -0.2) is 4.98 Å². The predicted molar refractivity (Wildman–Crippen MR) is 186 cm³/mol. The third-order valence-corrected chi connectivity index (χ3v) is 9.86. The lowest BCUT2D eigenvalue weighted by Gasteiger charge is -2.17. The summed E-state index contributed by atoms with van der Waals surface area (Å²) in [6.07, 6.45) is 0. The van der Waals surface area contributed by atoms with Crippen LogP contribution in [0.25, 0.3) is 86.1 Å². The quantitative estimate of drug-likeness (QED) is 0.195. The smallest absolute Gasteiger partial charge is 0.0722 e. The Hall–Kier alpha value is -5.31. The molecule has 0 aliphatic carbocycles. The van der Waals surface area contributed by atoms with Crippen LogP contribution in [0.1, 0.15) is 0 Å². The fourth-order valence-electron chi connectivity index (χ4n) is 6.72. The average molecular weight is 564 g/mol. The summed E-state index contributed by atoms with van der Waals surface area (Å²) in [6.45, 7) is 0. The first kappa shape index (κ1) is 24.3. The summed E-state index contributed by atoms with van der Waals surface area (Å²) < 4.78 is 2.68. The van der Waals surface area contributed by atoms with Gasteiger partial charge in [-0.2, -0.15) is 0 Å². The van der Waals surface area contributed by atoms with Gasteiger partial charge in [0.1, 0.15) is 0 Å². The minimum Gasteiger partial charge on any atom is -0.248 e. The molecule has 9 aromatic rings. The van der Waals surface area contributed by atoms with Crippen LogP contribution in [-0.4, -0.2) is 4.98 Å². The third-order valence-electron chi connectivity index (χ3n) is 8.66. The second-order valence-electron chi connectivity index (χ2n) is 11.1. The third kappa shape index (κ3) is 3.81. The van der Waals surface area contributed by atoms with Crippen LogP contribution in [0.15, 0.2) is 152 Å². The van der Waals surface area contributed by atoms with Crippen LogP contribution in [0.2, 0.25) is 0 Å². The predicted octanol–water partition coefficient (Wildman–Crippen LogP) is 11.9. The molecule has 0 saturated heterocycles. The van der Waals surface area contributed by atoms with Crippen molar-refractivity contribution in [2.75, 3.05) is 0 Å². The fraction of sp³-hybridized carbons (Fsp3) is 0. The average Bonchev–Trinajstić information content (AvgIpc) is 3.46. The largest absolute Gasteiger partial charge is 0.248 e. The van der Waals surface area contributed by atoms with E-state index in [0.29, 0.717) is 0 Å². The molecular formula is C41H25NS.